The van der Waals surface area contributed by atoms with Crippen molar-refractivity contribution in [1.82, 2.24) is 9.80 Å². The molecule has 0 atom stereocenters. The van der Waals surface area contributed by atoms with Crippen LogP contribution < -0.4 is 4.74 Å². The van der Waals surface area contributed by atoms with Gasteiger partial charge in [-0.3, -0.25) is 24.1 Å². The summed E-state index contributed by atoms with van der Waals surface area (Å²) in [7, 11) is 2.78. The van der Waals surface area contributed by atoms with Gasteiger partial charge in [0, 0.05) is 13.1 Å². The molecule has 0 saturated heterocycles. The Morgan fingerprint density at radius 2 is 1.64 bits per heavy atom. The Balaban J connectivity index is 1.87. The lowest BCUT2D eigenvalue weighted by Crippen LogP contribution is -2.36. The standard InChI is InChI=1S/C25H28N2O6/c1-16(2)14-26(12-11-22(28)33-4)23(29)20-13-17(9-10-21(20)32-3)15-27-24(30)18-7-5-6-8-19(18)25(27)31/h5-10,13,16H,11-12,14-15H2,1-4H3. The molecule has 3 rings (SSSR count). The number of carbonyl (C=O) groups is 4. The highest BCUT2D eigenvalue weighted by molar-refractivity contribution is 6.21. The largest absolute Gasteiger partial charge is 0.496 e. The molecule has 2 aromatic carbocycles. The van der Waals surface area contributed by atoms with Crippen LogP contribution in [0, 0.1) is 5.92 Å². The SMILES string of the molecule is COC(=O)CCN(CC(C)C)C(=O)c1cc(CN2C(=O)c3ccccc3C2=O)ccc1OC. The molecule has 3 amide bonds. The Morgan fingerprint density at radius 3 is 2.18 bits per heavy atom. The quantitative estimate of drug-likeness (QED) is 0.429. The molecule has 0 bridgehead atoms. The van der Waals surface area contributed by atoms with Crippen molar-refractivity contribution in [2.45, 2.75) is 26.8 Å². The van der Waals surface area contributed by atoms with E-state index in [0.717, 1.165) is 0 Å². The number of hydrogen-bond donors (Lipinski definition) is 0. The van der Waals surface area contributed by atoms with Crippen LogP contribution in [0.25, 0.3) is 0 Å². The lowest BCUT2D eigenvalue weighted by Gasteiger charge is -2.25. The van der Waals surface area contributed by atoms with E-state index in [1.807, 2.05) is 13.8 Å². The number of hydrogen-bond acceptors (Lipinski definition) is 6. The highest BCUT2D eigenvalue weighted by Gasteiger charge is 2.35. The van der Waals surface area contributed by atoms with E-state index in [9.17, 15) is 19.2 Å². The highest BCUT2D eigenvalue weighted by Crippen LogP contribution is 2.27. The number of rotatable bonds is 9. The number of ether oxygens (including phenoxy) is 2. The summed E-state index contributed by atoms with van der Waals surface area (Å²) in [5.41, 5.74) is 1.67. The molecule has 8 nitrogen and oxygen atoms in total. The maximum atomic E-state index is 13.4. The van der Waals surface area contributed by atoms with E-state index in [0.29, 0.717) is 34.5 Å². The number of methoxy groups -OCH3 is 2. The Kier molecular flexibility index (Phi) is 7.48. The molecule has 0 aromatic heterocycles. The smallest absolute Gasteiger partial charge is 0.307 e. The molecule has 0 unspecified atom stereocenters. The zero-order valence-corrected chi connectivity index (χ0v) is 19.3. The van der Waals surface area contributed by atoms with Gasteiger partial charge in [0.15, 0.2) is 0 Å². The number of imide groups is 1. The second kappa shape index (κ2) is 10.3. The first-order chi connectivity index (χ1) is 15.8. The molecule has 174 valence electrons. The lowest BCUT2D eigenvalue weighted by atomic mass is 10.1. The molecular weight excluding hydrogens is 424 g/mol. The average molecular weight is 453 g/mol. The topological polar surface area (TPSA) is 93.2 Å². The van der Waals surface area contributed by atoms with Crippen molar-refractivity contribution in [2.24, 2.45) is 5.92 Å². The minimum atomic E-state index is -0.400. The van der Waals surface area contributed by atoms with Gasteiger partial charge in [0.05, 0.1) is 43.9 Å². The van der Waals surface area contributed by atoms with Gasteiger partial charge in [-0.2, -0.15) is 0 Å². The molecule has 0 radical (unpaired) electrons. The molecule has 0 fully saturated rings. The van der Waals surface area contributed by atoms with Gasteiger partial charge in [-0.25, -0.2) is 0 Å². The number of carbonyl (C=O) groups excluding carboxylic acids is 4. The van der Waals surface area contributed by atoms with Crippen LogP contribution >= 0.6 is 0 Å². The van der Waals surface area contributed by atoms with Crippen LogP contribution in [-0.2, 0) is 16.1 Å². The van der Waals surface area contributed by atoms with Crippen LogP contribution in [0.2, 0.25) is 0 Å². The summed E-state index contributed by atoms with van der Waals surface area (Å²) in [4.78, 5) is 53.2. The molecule has 33 heavy (non-hydrogen) atoms. The van der Waals surface area contributed by atoms with E-state index in [2.05, 4.69) is 0 Å². The summed E-state index contributed by atoms with van der Waals surface area (Å²) < 4.78 is 10.1. The summed E-state index contributed by atoms with van der Waals surface area (Å²) in [5.74, 6) is -0.869. The molecule has 0 aliphatic carbocycles. The number of benzene rings is 2. The predicted molar refractivity (Wildman–Crippen MR) is 121 cm³/mol. The second-order valence-corrected chi connectivity index (χ2v) is 8.25. The minimum Gasteiger partial charge on any atom is -0.496 e. The van der Waals surface area contributed by atoms with Gasteiger partial charge < -0.3 is 14.4 Å². The van der Waals surface area contributed by atoms with E-state index in [1.165, 1.54) is 19.1 Å². The number of fused-ring (bicyclic) bond motifs is 1. The normalized spacial score (nSPS) is 12.7. The van der Waals surface area contributed by atoms with Crippen molar-refractivity contribution in [1.29, 1.82) is 0 Å². The van der Waals surface area contributed by atoms with Crippen LogP contribution in [0.4, 0.5) is 0 Å². The average Bonchev–Trinajstić information content (AvgIpc) is 3.05. The van der Waals surface area contributed by atoms with E-state index >= 15 is 0 Å². The molecule has 8 heteroatoms. The van der Waals surface area contributed by atoms with Crippen molar-refractivity contribution in [3.63, 3.8) is 0 Å². The maximum Gasteiger partial charge on any atom is 0.307 e. The number of esters is 1. The third-order valence-corrected chi connectivity index (χ3v) is 5.40. The van der Waals surface area contributed by atoms with Crippen LogP contribution in [0.1, 0.15) is 56.9 Å². The Hall–Kier alpha value is -3.68. The first-order valence-electron chi connectivity index (χ1n) is 10.7. The zero-order chi connectivity index (χ0) is 24.1. The Labute approximate surface area is 193 Å². The van der Waals surface area contributed by atoms with Gasteiger partial charge in [0.25, 0.3) is 17.7 Å². The van der Waals surface area contributed by atoms with E-state index in [-0.39, 0.29) is 43.1 Å². The van der Waals surface area contributed by atoms with Crippen LogP contribution in [0.5, 0.6) is 5.75 Å². The van der Waals surface area contributed by atoms with E-state index in [4.69, 9.17) is 9.47 Å². The minimum absolute atomic E-state index is 0.0307. The Bertz CT molecular complexity index is 1040. The summed E-state index contributed by atoms with van der Waals surface area (Å²) in [6.07, 6.45) is 0.0754. The van der Waals surface area contributed by atoms with Gasteiger partial charge in [-0.15, -0.1) is 0 Å². The molecule has 1 heterocycles. The van der Waals surface area contributed by atoms with Gasteiger partial charge in [0.1, 0.15) is 5.75 Å². The second-order valence-electron chi connectivity index (χ2n) is 8.25. The van der Waals surface area contributed by atoms with Crippen molar-refractivity contribution in [3.8, 4) is 5.75 Å². The van der Waals surface area contributed by atoms with Gasteiger partial charge in [-0.05, 0) is 35.7 Å². The summed E-state index contributed by atoms with van der Waals surface area (Å²) >= 11 is 0. The maximum absolute atomic E-state index is 13.4. The lowest BCUT2D eigenvalue weighted by molar-refractivity contribution is -0.140. The van der Waals surface area contributed by atoms with E-state index < -0.39 is 5.97 Å². The van der Waals surface area contributed by atoms with Gasteiger partial charge in [-0.1, -0.05) is 32.0 Å². The summed E-state index contributed by atoms with van der Waals surface area (Å²) in [6, 6.07) is 11.7. The first kappa shape index (κ1) is 24.0. The van der Waals surface area contributed by atoms with Crippen molar-refractivity contribution < 1.29 is 28.7 Å². The van der Waals surface area contributed by atoms with Crippen LogP contribution in [0.3, 0.4) is 0 Å². The third-order valence-electron chi connectivity index (χ3n) is 5.40. The number of nitrogens with zero attached hydrogens (tertiary/aromatic N) is 2. The third kappa shape index (κ3) is 5.22. The molecule has 0 spiro atoms. The van der Waals surface area contributed by atoms with Crippen LogP contribution in [0.15, 0.2) is 42.5 Å². The van der Waals surface area contributed by atoms with Crippen molar-refractivity contribution in [3.05, 3.63) is 64.7 Å². The predicted octanol–water partition coefficient (Wildman–Crippen LogP) is 3.15. The van der Waals surface area contributed by atoms with Gasteiger partial charge >= 0.3 is 5.97 Å². The number of amides is 3. The molecule has 0 N–H and O–H groups in total. The van der Waals surface area contributed by atoms with Crippen LogP contribution in [-0.4, -0.2) is 60.8 Å². The summed E-state index contributed by atoms with van der Waals surface area (Å²) in [5, 5.41) is 0. The molecule has 2 aromatic rings. The van der Waals surface area contributed by atoms with Crippen molar-refractivity contribution >= 4 is 23.7 Å². The van der Waals surface area contributed by atoms with E-state index in [1.54, 1.807) is 47.4 Å². The molecule has 1 aliphatic rings. The molecule has 1 aliphatic heterocycles. The van der Waals surface area contributed by atoms with Crippen molar-refractivity contribution in [2.75, 3.05) is 27.3 Å². The fraction of sp³-hybridized carbons (Fsp3) is 0.360. The Morgan fingerprint density at radius 1 is 1.00 bits per heavy atom. The first-order valence-corrected chi connectivity index (χ1v) is 10.7. The van der Waals surface area contributed by atoms with Gasteiger partial charge in [0.2, 0.25) is 0 Å². The highest BCUT2D eigenvalue weighted by atomic mass is 16.5. The zero-order valence-electron chi connectivity index (χ0n) is 19.3. The summed E-state index contributed by atoms with van der Waals surface area (Å²) in [6.45, 7) is 4.64. The monoisotopic (exact) mass is 452 g/mol. The molecule has 0 saturated carbocycles. The fourth-order valence-corrected chi connectivity index (χ4v) is 3.80. The molecular formula is C25H28N2O6. The fourth-order valence-electron chi connectivity index (χ4n) is 3.80.